The van der Waals surface area contributed by atoms with Crippen LogP contribution in [0, 0.1) is 13.8 Å². The smallest absolute Gasteiger partial charge is 0.252 e. The molecule has 25 heavy (non-hydrogen) atoms. The molecule has 1 heterocycles. The molecule has 0 spiro atoms. The summed E-state index contributed by atoms with van der Waals surface area (Å²) in [6, 6.07) is 6.15. The third-order valence-corrected chi connectivity index (χ3v) is 4.47. The molecule has 0 radical (unpaired) electrons. The van der Waals surface area contributed by atoms with Crippen LogP contribution in [0.3, 0.4) is 0 Å². The number of amides is 1. The minimum Gasteiger partial charge on any atom is -0.346 e. The fraction of sp³-hybridized carbons (Fsp3) is 0.474. The second-order valence-corrected chi connectivity index (χ2v) is 7.39. The third-order valence-electron chi connectivity index (χ3n) is 4.47. The highest BCUT2D eigenvalue weighted by Crippen LogP contribution is 2.40. The number of aromatic nitrogens is 1. The number of hydrogen-bond donors (Lipinski definition) is 2. The van der Waals surface area contributed by atoms with Crippen molar-refractivity contribution in [3.8, 4) is 0 Å². The molecule has 3 N–H and O–H groups in total. The Bertz CT molecular complexity index is 786. The van der Waals surface area contributed by atoms with E-state index in [2.05, 4.69) is 24.4 Å². The van der Waals surface area contributed by atoms with Gasteiger partial charge in [0.1, 0.15) is 0 Å². The van der Waals surface area contributed by atoms with Crippen molar-refractivity contribution in [2.75, 3.05) is 6.54 Å². The fourth-order valence-electron chi connectivity index (χ4n) is 2.90. The molecule has 1 amide bonds. The number of aryl methyl sites for hydroxylation is 2. The van der Waals surface area contributed by atoms with E-state index < -0.39 is 5.54 Å². The lowest BCUT2D eigenvalue weighted by Gasteiger charge is -2.25. The van der Waals surface area contributed by atoms with Gasteiger partial charge in [0.25, 0.3) is 5.91 Å². The second kappa shape index (κ2) is 7.90. The Labute approximate surface area is 161 Å². The van der Waals surface area contributed by atoms with Crippen LogP contribution in [-0.2, 0) is 0 Å². The molecule has 6 heteroatoms. The number of benzene rings is 1. The Morgan fingerprint density at radius 1 is 1.24 bits per heavy atom. The number of nitrogens with one attached hydrogen (secondary N) is 1. The van der Waals surface area contributed by atoms with Gasteiger partial charge in [0, 0.05) is 29.1 Å². The minimum absolute atomic E-state index is 0. The highest BCUT2D eigenvalue weighted by atomic mass is 35.5. The SMILES string of the molecule is Cc1cc(C)c2nc(C3CC3)cc(C(=O)NC(C)(C)CN)c2c1.Cl.Cl. The molecular weight excluding hydrogens is 357 g/mol. The summed E-state index contributed by atoms with van der Waals surface area (Å²) in [7, 11) is 0. The zero-order valence-electron chi connectivity index (χ0n) is 15.2. The number of nitrogens with zero attached hydrogens (tertiary/aromatic N) is 1. The number of carbonyl (C=O) groups excluding carboxylic acids is 1. The van der Waals surface area contributed by atoms with E-state index in [1.807, 2.05) is 26.8 Å². The molecule has 0 saturated heterocycles. The van der Waals surface area contributed by atoms with Gasteiger partial charge in [-0.2, -0.15) is 0 Å². The van der Waals surface area contributed by atoms with Gasteiger partial charge in [0.15, 0.2) is 0 Å². The molecule has 1 saturated carbocycles. The van der Waals surface area contributed by atoms with Gasteiger partial charge in [0.2, 0.25) is 0 Å². The molecule has 0 aliphatic heterocycles. The molecule has 3 rings (SSSR count). The molecule has 1 aromatic carbocycles. The molecule has 0 bridgehead atoms. The minimum atomic E-state index is -0.425. The van der Waals surface area contributed by atoms with E-state index in [0.717, 1.165) is 27.7 Å². The maximum absolute atomic E-state index is 12.9. The number of carbonyl (C=O) groups is 1. The first-order valence-electron chi connectivity index (χ1n) is 8.25. The zero-order chi connectivity index (χ0) is 16.8. The first-order valence-corrected chi connectivity index (χ1v) is 8.25. The predicted molar refractivity (Wildman–Crippen MR) is 108 cm³/mol. The topological polar surface area (TPSA) is 68.0 Å². The van der Waals surface area contributed by atoms with Crippen molar-refractivity contribution in [1.29, 1.82) is 0 Å². The maximum atomic E-state index is 12.9. The number of rotatable bonds is 4. The molecule has 1 aromatic heterocycles. The van der Waals surface area contributed by atoms with E-state index in [9.17, 15) is 4.79 Å². The van der Waals surface area contributed by atoms with Crippen LogP contribution in [0.1, 0.15) is 59.8 Å². The van der Waals surface area contributed by atoms with Crippen LogP contribution in [-0.4, -0.2) is 23.0 Å². The zero-order valence-corrected chi connectivity index (χ0v) is 16.8. The lowest BCUT2D eigenvalue weighted by atomic mass is 9.99. The molecule has 2 aromatic rings. The summed E-state index contributed by atoms with van der Waals surface area (Å²) in [6.07, 6.45) is 2.33. The predicted octanol–water partition coefficient (Wildman–Crippen LogP) is 4.04. The summed E-state index contributed by atoms with van der Waals surface area (Å²) in [5.74, 6) is 0.439. The molecule has 0 atom stereocenters. The molecule has 1 aliphatic rings. The Hall–Kier alpha value is -1.36. The van der Waals surface area contributed by atoms with Gasteiger partial charge in [-0.1, -0.05) is 11.6 Å². The number of pyridine rings is 1. The van der Waals surface area contributed by atoms with Gasteiger partial charge in [-0.25, -0.2) is 0 Å². The molecule has 0 unspecified atom stereocenters. The average Bonchev–Trinajstić information content (AvgIpc) is 3.30. The summed E-state index contributed by atoms with van der Waals surface area (Å²) in [4.78, 5) is 17.7. The van der Waals surface area contributed by atoms with Gasteiger partial charge < -0.3 is 11.1 Å². The second-order valence-electron chi connectivity index (χ2n) is 7.39. The highest BCUT2D eigenvalue weighted by Gasteiger charge is 2.28. The Balaban J connectivity index is 0.00000156. The van der Waals surface area contributed by atoms with Crippen molar-refractivity contribution in [3.63, 3.8) is 0 Å². The number of halogens is 2. The van der Waals surface area contributed by atoms with Gasteiger partial charge >= 0.3 is 0 Å². The van der Waals surface area contributed by atoms with E-state index in [-0.39, 0.29) is 30.7 Å². The van der Waals surface area contributed by atoms with Crippen LogP contribution in [0.2, 0.25) is 0 Å². The van der Waals surface area contributed by atoms with Crippen molar-refractivity contribution >= 4 is 41.6 Å². The monoisotopic (exact) mass is 383 g/mol. The van der Waals surface area contributed by atoms with Crippen molar-refractivity contribution in [3.05, 3.63) is 40.6 Å². The Morgan fingerprint density at radius 2 is 1.88 bits per heavy atom. The highest BCUT2D eigenvalue weighted by molar-refractivity contribution is 6.07. The third kappa shape index (κ3) is 4.63. The summed E-state index contributed by atoms with van der Waals surface area (Å²) in [5.41, 5.74) is 10.3. The van der Waals surface area contributed by atoms with Crippen molar-refractivity contribution in [2.24, 2.45) is 5.73 Å². The van der Waals surface area contributed by atoms with Crippen LogP contribution >= 0.6 is 24.8 Å². The largest absolute Gasteiger partial charge is 0.346 e. The number of nitrogens with two attached hydrogens (primary N) is 1. The standard InChI is InChI=1S/C19H25N3O.2ClH/c1-11-7-12(2)17-14(8-11)15(9-16(21-17)13-5-6-13)18(23)22-19(3,4)10-20;;/h7-9,13H,5-6,10,20H2,1-4H3,(H,22,23);2*1H. The normalized spacial score (nSPS) is 13.8. The summed E-state index contributed by atoms with van der Waals surface area (Å²) in [6.45, 7) is 8.38. The van der Waals surface area contributed by atoms with Gasteiger partial charge in [-0.15, -0.1) is 24.8 Å². The lowest BCUT2D eigenvalue weighted by Crippen LogP contribution is -2.48. The first-order chi connectivity index (χ1) is 10.8. The molecule has 4 nitrogen and oxygen atoms in total. The van der Waals surface area contributed by atoms with Gasteiger partial charge in [-0.3, -0.25) is 9.78 Å². The number of fused-ring (bicyclic) bond motifs is 1. The van der Waals surface area contributed by atoms with Gasteiger partial charge in [0.05, 0.1) is 11.1 Å². The van der Waals surface area contributed by atoms with Crippen LogP contribution in [0.5, 0.6) is 0 Å². The van der Waals surface area contributed by atoms with Crippen LogP contribution in [0.4, 0.5) is 0 Å². The summed E-state index contributed by atoms with van der Waals surface area (Å²) >= 11 is 0. The van der Waals surface area contributed by atoms with Gasteiger partial charge in [-0.05, 0) is 58.2 Å². The maximum Gasteiger partial charge on any atom is 0.252 e. The van der Waals surface area contributed by atoms with E-state index in [1.54, 1.807) is 0 Å². The molecule has 1 fully saturated rings. The fourth-order valence-corrected chi connectivity index (χ4v) is 2.90. The molecule has 1 aliphatic carbocycles. The Kier molecular flexibility index (Phi) is 6.85. The quantitative estimate of drug-likeness (QED) is 0.836. The van der Waals surface area contributed by atoms with Crippen LogP contribution in [0.25, 0.3) is 10.9 Å². The van der Waals surface area contributed by atoms with E-state index in [0.29, 0.717) is 18.0 Å². The molecular formula is C19H27Cl2N3O. The van der Waals surface area contributed by atoms with Crippen molar-refractivity contribution < 1.29 is 4.79 Å². The summed E-state index contributed by atoms with van der Waals surface area (Å²) < 4.78 is 0. The lowest BCUT2D eigenvalue weighted by molar-refractivity contribution is 0.0917. The average molecular weight is 384 g/mol. The Morgan fingerprint density at radius 3 is 2.44 bits per heavy atom. The summed E-state index contributed by atoms with van der Waals surface area (Å²) in [5, 5.41) is 3.98. The van der Waals surface area contributed by atoms with E-state index in [4.69, 9.17) is 10.7 Å². The van der Waals surface area contributed by atoms with E-state index >= 15 is 0 Å². The van der Waals surface area contributed by atoms with Crippen LogP contribution in [0.15, 0.2) is 18.2 Å². The van der Waals surface area contributed by atoms with Crippen LogP contribution < -0.4 is 11.1 Å². The van der Waals surface area contributed by atoms with Crippen molar-refractivity contribution in [1.82, 2.24) is 10.3 Å². The van der Waals surface area contributed by atoms with E-state index in [1.165, 1.54) is 12.8 Å². The first kappa shape index (κ1) is 21.7. The number of hydrogen-bond acceptors (Lipinski definition) is 3. The molecule has 138 valence electrons. The van der Waals surface area contributed by atoms with Crippen molar-refractivity contribution in [2.45, 2.75) is 52.0 Å².